The number of hydrogen-bond donors (Lipinski definition) is 3. The molecule has 2 aromatic carbocycles. The number of halogens is 3. The van der Waals surface area contributed by atoms with Crippen molar-refractivity contribution in [2.75, 3.05) is 12.4 Å². The summed E-state index contributed by atoms with van der Waals surface area (Å²) in [4.78, 5) is 25.7. The molecule has 3 N–H and O–H groups in total. The zero-order valence-corrected chi connectivity index (χ0v) is 20.5. The Hall–Kier alpha value is -2.99. The summed E-state index contributed by atoms with van der Waals surface area (Å²) in [5.74, 6) is -1.52. The summed E-state index contributed by atoms with van der Waals surface area (Å²) in [7, 11) is 1.74. The molecule has 0 radical (unpaired) electrons. The number of aryl methyl sites for hydroxylation is 1. The monoisotopic (exact) mass is 520 g/mol. The number of hydrogen-bond acceptors (Lipinski definition) is 6. The Morgan fingerprint density at radius 1 is 1.20 bits per heavy atom. The predicted octanol–water partition coefficient (Wildman–Crippen LogP) is 3.59. The van der Waals surface area contributed by atoms with Gasteiger partial charge in [-0.3, -0.25) is 9.59 Å². The van der Waals surface area contributed by atoms with Crippen molar-refractivity contribution < 1.29 is 18.4 Å². The van der Waals surface area contributed by atoms with Crippen molar-refractivity contribution in [3.63, 3.8) is 0 Å². The Bertz CT molecular complexity index is 1240. The smallest absolute Gasteiger partial charge is 0.242 e. The molecule has 1 aliphatic rings. The quantitative estimate of drug-likeness (QED) is 0.430. The van der Waals surface area contributed by atoms with Crippen LogP contribution in [0.5, 0.6) is 0 Å². The molecule has 3 aromatic rings. The van der Waals surface area contributed by atoms with Crippen LogP contribution in [0, 0.1) is 18.6 Å². The van der Waals surface area contributed by atoms with Crippen LogP contribution in [0.15, 0.2) is 48.7 Å². The molecule has 2 atom stereocenters. The highest BCUT2D eigenvalue weighted by molar-refractivity contribution is 7.95. The van der Waals surface area contributed by atoms with Crippen LogP contribution in [0.1, 0.15) is 17.7 Å². The summed E-state index contributed by atoms with van der Waals surface area (Å²) in [6.07, 6.45) is 2.03. The number of rotatable bonds is 6. The first-order valence-electron chi connectivity index (χ1n) is 10.7. The Labute approximate surface area is 210 Å². The van der Waals surface area contributed by atoms with Gasteiger partial charge in [-0.2, -0.15) is 5.10 Å². The fourth-order valence-corrected chi connectivity index (χ4v) is 4.54. The average molecular weight is 521 g/mol. The fourth-order valence-electron chi connectivity index (χ4n) is 3.55. The molecule has 0 aliphatic carbocycles. The lowest BCUT2D eigenvalue weighted by Gasteiger charge is -2.34. The summed E-state index contributed by atoms with van der Waals surface area (Å²) in [6.45, 7) is 2.07. The largest absolute Gasteiger partial charge is 0.349 e. The van der Waals surface area contributed by atoms with Crippen LogP contribution < -0.4 is 15.4 Å². The molecule has 1 saturated heterocycles. The number of benzene rings is 2. The van der Waals surface area contributed by atoms with Gasteiger partial charge >= 0.3 is 0 Å². The zero-order chi connectivity index (χ0) is 25.1. The van der Waals surface area contributed by atoms with E-state index in [1.54, 1.807) is 34.4 Å². The Kier molecular flexibility index (Phi) is 7.70. The van der Waals surface area contributed by atoms with E-state index in [1.165, 1.54) is 30.3 Å². The van der Waals surface area contributed by atoms with Gasteiger partial charge in [0.25, 0.3) is 0 Å². The molecule has 1 aromatic heterocycles. The van der Waals surface area contributed by atoms with E-state index in [9.17, 15) is 18.4 Å². The minimum atomic E-state index is -0.622. The van der Waals surface area contributed by atoms with Gasteiger partial charge < -0.3 is 10.6 Å². The van der Waals surface area contributed by atoms with Gasteiger partial charge in [-0.1, -0.05) is 11.6 Å². The highest BCUT2D eigenvalue weighted by Crippen LogP contribution is 2.24. The SMILES string of the molecule is Cc1cn(-c2ccc(F)cc2)nc1CNC(=O)C1CC(C(=O)Nc2ccc(F)c(Cl)c2)N(C)SN1. The van der Waals surface area contributed by atoms with E-state index in [2.05, 4.69) is 20.5 Å². The summed E-state index contributed by atoms with van der Waals surface area (Å²) in [5, 5.41) is 9.97. The number of nitrogens with zero attached hydrogens (tertiary/aromatic N) is 3. The minimum Gasteiger partial charge on any atom is -0.349 e. The number of likely N-dealkylation sites (N-methyl/N-ethyl adjacent to an activating group) is 1. The highest BCUT2D eigenvalue weighted by Gasteiger charge is 2.35. The van der Waals surface area contributed by atoms with Crippen LogP contribution in [0.3, 0.4) is 0 Å². The number of carbonyl (C=O) groups excluding carboxylic acids is 2. The maximum Gasteiger partial charge on any atom is 0.242 e. The summed E-state index contributed by atoms with van der Waals surface area (Å²) >= 11 is 6.95. The van der Waals surface area contributed by atoms with Gasteiger partial charge in [0, 0.05) is 24.0 Å². The Balaban J connectivity index is 1.36. The van der Waals surface area contributed by atoms with Crippen LogP contribution in [-0.4, -0.2) is 45.0 Å². The second kappa shape index (κ2) is 10.7. The van der Waals surface area contributed by atoms with Gasteiger partial charge in [0.1, 0.15) is 17.7 Å². The standard InChI is InChI=1S/C23H23ClF2N6O2S/c1-13-12-32(16-6-3-14(25)4-7-16)29-20(13)11-27-22(33)19-10-21(31(2)35-30-19)23(34)28-15-5-8-18(26)17(24)9-15/h3-9,12,19,21,30H,10-11H2,1-2H3,(H,27,33)(H,28,34). The third-order valence-electron chi connectivity index (χ3n) is 5.56. The van der Waals surface area contributed by atoms with Gasteiger partial charge in [0.2, 0.25) is 11.8 Å². The van der Waals surface area contributed by atoms with Crippen molar-refractivity contribution in [3.8, 4) is 5.69 Å². The van der Waals surface area contributed by atoms with E-state index < -0.39 is 17.9 Å². The van der Waals surface area contributed by atoms with E-state index in [4.69, 9.17) is 11.6 Å². The molecule has 4 rings (SSSR count). The van der Waals surface area contributed by atoms with E-state index in [0.717, 1.165) is 17.7 Å². The molecule has 8 nitrogen and oxygen atoms in total. The van der Waals surface area contributed by atoms with Crippen LogP contribution >= 0.6 is 23.7 Å². The summed E-state index contributed by atoms with van der Waals surface area (Å²) in [5.41, 5.74) is 2.62. The maximum absolute atomic E-state index is 13.4. The Morgan fingerprint density at radius 2 is 1.94 bits per heavy atom. The maximum atomic E-state index is 13.4. The number of carbonyl (C=O) groups is 2. The molecule has 1 aliphatic heterocycles. The third kappa shape index (κ3) is 5.99. The van der Waals surface area contributed by atoms with E-state index in [1.807, 2.05) is 6.92 Å². The first kappa shape index (κ1) is 25.1. The third-order valence-corrected chi connectivity index (χ3v) is 6.79. The normalized spacial score (nSPS) is 18.3. The van der Waals surface area contributed by atoms with Gasteiger partial charge in [-0.05, 0) is 68.4 Å². The molecule has 0 saturated carbocycles. The summed E-state index contributed by atoms with van der Waals surface area (Å²) < 4.78 is 32.9. The lowest BCUT2D eigenvalue weighted by atomic mass is 10.1. The number of anilines is 1. The molecule has 1 fully saturated rings. The zero-order valence-electron chi connectivity index (χ0n) is 18.9. The summed E-state index contributed by atoms with van der Waals surface area (Å²) in [6, 6.07) is 8.65. The number of aromatic nitrogens is 2. The molecule has 35 heavy (non-hydrogen) atoms. The fraction of sp³-hybridized carbons (Fsp3) is 0.261. The molecular weight excluding hydrogens is 498 g/mol. The van der Waals surface area contributed by atoms with Crippen molar-refractivity contribution in [3.05, 3.63) is 76.6 Å². The molecule has 184 valence electrons. The van der Waals surface area contributed by atoms with Crippen molar-refractivity contribution >= 4 is 41.2 Å². The van der Waals surface area contributed by atoms with Gasteiger partial charge in [0.15, 0.2) is 0 Å². The van der Waals surface area contributed by atoms with Crippen LogP contribution in [0.4, 0.5) is 14.5 Å². The molecule has 2 amide bonds. The van der Waals surface area contributed by atoms with Crippen LogP contribution in [0.25, 0.3) is 5.69 Å². The number of amides is 2. The van der Waals surface area contributed by atoms with Gasteiger partial charge in [0.05, 0.1) is 29.0 Å². The van der Waals surface area contributed by atoms with Crippen molar-refractivity contribution in [1.29, 1.82) is 0 Å². The topological polar surface area (TPSA) is 91.3 Å². The molecule has 0 spiro atoms. The first-order valence-corrected chi connectivity index (χ1v) is 11.9. The predicted molar refractivity (Wildman–Crippen MR) is 131 cm³/mol. The van der Waals surface area contributed by atoms with Crippen molar-refractivity contribution in [2.24, 2.45) is 0 Å². The minimum absolute atomic E-state index is 0.0924. The lowest BCUT2D eigenvalue weighted by Crippen LogP contribution is -2.54. The molecule has 12 heteroatoms. The average Bonchev–Trinajstić information content (AvgIpc) is 3.21. The van der Waals surface area contributed by atoms with E-state index in [-0.39, 0.29) is 35.6 Å². The van der Waals surface area contributed by atoms with Crippen LogP contribution in [0.2, 0.25) is 5.02 Å². The van der Waals surface area contributed by atoms with E-state index >= 15 is 0 Å². The number of nitrogens with one attached hydrogen (secondary N) is 3. The molecule has 0 bridgehead atoms. The molecule has 2 heterocycles. The molecular formula is C23H23ClF2N6O2S. The Morgan fingerprint density at radius 3 is 2.66 bits per heavy atom. The van der Waals surface area contributed by atoms with Crippen molar-refractivity contribution in [2.45, 2.75) is 32.0 Å². The van der Waals surface area contributed by atoms with Gasteiger partial charge in [-0.15, -0.1) is 0 Å². The van der Waals surface area contributed by atoms with Crippen LogP contribution in [-0.2, 0) is 16.1 Å². The lowest BCUT2D eigenvalue weighted by molar-refractivity contribution is -0.124. The highest BCUT2D eigenvalue weighted by atomic mass is 35.5. The second-order valence-corrected chi connectivity index (χ2v) is 9.48. The van der Waals surface area contributed by atoms with Crippen molar-refractivity contribution in [1.82, 2.24) is 24.1 Å². The first-order chi connectivity index (χ1) is 16.7. The van der Waals surface area contributed by atoms with Gasteiger partial charge in [-0.25, -0.2) is 22.5 Å². The van der Waals surface area contributed by atoms with E-state index in [0.29, 0.717) is 17.1 Å². The molecule has 2 unspecified atom stereocenters. The second-order valence-electron chi connectivity index (χ2n) is 8.08.